The molecule has 2 saturated heterocycles. The van der Waals surface area contributed by atoms with Gasteiger partial charge in [-0.2, -0.15) is 4.31 Å². The van der Waals surface area contributed by atoms with Crippen molar-refractivity contribution in [2.45, 2.75) is 75.8 Å². The van der Waals surface area contributed by atoms with Gasteiger partial charge in [-0.25, -0.2) is 18.1 Å². The molecule has 2 aliphatic rings. The number of hydrogen-bond donors (Lipinski definition) is 0. The van der Waals surface area contributed by atoms with E-state index in [1.807, 2.05) is 29.3 Å². The van der Waals surface area contributed by atoms with Gasteiger partial charge in [-0.05, 0) is 39.5 Å². The molecule has 4 heterocycles. The van der Waals surface area contributed by atoms with E-state index in [4.69, 9.17) is 4.74 Å². The summed E-state index contributed by atoms with van der Waals surface area (Å²) in [6.45, 7) is 4.96. The summed E-state index contributed by atoms with van der Waals surface area (Å²) in [6.07, 6.45) is 6.83. The van der Waals surface area contributed by atoms with Crippen LogP contribution >= 0.6 is 0 Å². The number of imidazole rings is 1. The number of fused-ring (bicyclic) bond motifs is 2. The first-order valence-electron chi connectivity index (χ1n) is 9.41. The number of piperidine rings is 1. The van der Waals surface area contributed by atoms with Crippen molar-refractivity contribution in [2.24, 2.45) is 0 Å². The van der Waals surface area contributed by atoms with Crippen LogP contribution in [0.3, 0.4) is 0 Å². The third-order valence-electron chi connectivity index (χ3n) is 5.70. The van der Waals surface area contributed by atoms with Crippen LogP contribution < -0.4 is 0 Å². The molecule has 0 N–H and O–H groups in total. The van der Waals surface area contributed by atoms with Gasteiger partial charge < -0.3 is 9.30 Å². The summed E-state index contributed by atoms with van der Waals surface area (Å²) in [4.78, 5) is 4.32. The summed E-state index contributed by atoms with van der Waals surface area (Å²) < 4.78 is 37.1. The van der Waals surface area contributed by atoms with Gasteiger partial charge >= 0.3 is 0 Å². The smallest absolute Gasteiger partial charge is 0.262 e. The molecule has 2 atom stereocenters. The first kappa shape index (κ1) is 18.6. The minimum Gasteiger partial charge on any atom is -0.378 e. The second-order valence-corrected chi connectivity index (χ2v) is 9.17. The highest BCUT2D eigenvalue weighted by Crippen LogP contribution is 2.43. The van der Waals surface area contributed by atoms with Crippen molar-refractivity contribution in [1.29, 1.82) is 0 Å². The van der Waals surface area contributed by atoms with Gasteiger partial charge in [-0.3, -0.25) is 0 Å². The summed E-state index contributed by atoms with van der Waals surface area (Å²) >= 11 is 0. The molecule has 27 heavy (non-hydrogen) atoms. The molecule has 10 heteroatoms. The predicted octanol–water partition coefficient (Wildman–Crippen LogP) is 1.51. The SMILES string of the molecule is CCn1cc(S(=O)(=O)N2C3CCC2CC(n2cc(COC)nn2)C3)nc1C. The fourth-order valence-electron chi connectivity index (χ4n) is 4.45. The van der Waals surface area contributed by atoms with Crippen LogP contribution in [0.5, 0.6) is 0 Å². The lowest BCUT2D eigenvalue weighted by Crippen LogP contribution is -2.47. The Kier molecular flexibility index (Phi) is 4.81. The van der Waals surface area contributed by atoms with Crippen molar-refractivity contribution in [3.8, 4) is 0 Å². The number of methoxy groups -OCH3 is 1. The summed E-state index contributed by atoms with van der Waals surface area (Å²) in [5.41, 5.74) is 0.792. The second kappa shape index (κ2) is 6.99. The van der Waals surface area contributed by atoms with Gasteiger partial charge in [0.15, 0.2) is 5.03 Å². The number of ether oxygens (including phenoxy) is 1. The molecule has 0 aliphatic carbocycles. The zero-order valence-corrected chi connectivity index (χ0v) is 16.8. The van der Waals surface area contributed by atoms with E-state index in [0.717, 1.165) is 37.2 Å². The number of sulfonamides is 1. The van der Waals surface area contributed by atoms with Crippen molar-refractivity contribution < 1.29 is 13.2 Å². The van der Waals surface area contributed by atoms with Crippen molar-refractivity contribution in [2.75, 3.05) is 7.11 Å². The molecule has 2 aromatic heterocycles. The Hall–Kier alpha value is -1.78. The Morgan fingerprint density at radius 2 is 1.89 bits per heavy atom. The lowest BCUT2D eigenvalue weighted by molar-refractivity contribution is 0.180. The lowest BCUT2D eigenvalue weighted by atomic mass is 10.00. The maximum Gasteiger partial charge on any atom is 0.262 e. The minimum absolute atomic E-state index is 0.0130. The van der Waals surface area contributed by atoms with Gasteiger partial charge in [0, 0.05) is 31.9 Å². The number of hydrogen-bond acceptors (Lipinski definition) is 6. The molecule has 2 aliphatic heterocycles. The molecular formula is C17H26N6O3S. The molecule has 0 aromatic carbocycles. The molecule has 9 nitrogen and oxygen atoms in total. The minimum atomic E-state index is -3.58. The Balaban J connectivity index is 1.56. The summed E-state index contributed by atoms with van der Waals surface area (Å²) in [7, 11) is -1.95. The average molecular weight is 395 g/mol. The third kappa shape index (κ3) is 3.19. The molecule has 0 saturated carbocycles. The van der Waals surface area contributed by atoms with E-state index >= 15 is 0 Å². The number of aryl methyl sites for hydroxylation is 2. The predicted molar refractivity (Wildman–Crippen MR) is 97.5 cm³/mol. The van der Waals surface area contributed by atoms with E-state index in [-0.39, 0.29) is 23.2 Å². The fourth-order valence-corrected chi connectivity index (χ4v) is 6.34. The Bertz CT molecular complexity index is 907. The summed E-state index contributed by atoms with van der Waals surface area (Å²) in [5, 5.41) is 8.53. The highest BCUT2D eigenvalue weighted by Gasteiger charge is 2.48. The number of rotatable bonds is 6. The van der Waals surface area contributed by atoms with Crippen molar-refractivity contribution in [1.82, 2.24) is 28.9 Å². The Morgan fingerprint density at radius 3 is 2.48 bits per heavy atom. The van der Waals surface area contributed by atoms with Crippen LogP contribution in [0, 0.1) is 6.92 Å². The highest BCUT2D eigenvalue weighted by atomic mass is 32.2. The molecule has 0 spiro atoms. The van der Waals surface area contributed by atoms with Crippen molar-refractivity contribution >= 4 is 10.0 Å². The zero-order chi connectivity index (χ0) is 19.2. The van der Waals surface area contributed by atoms with Gasteiger partial charge in [0.05, 0.1) is 18.8 Å². The maximum atomic E-state index is 13.3. The van der Waals surface area contributed by atoms with Crippen LogP contribution in [-0.4, -0.2) is 56.5 Å². The van der Waals surface area contributed by atoms with E-state index in [9.17, 15) is 8.42 Å². The van der Waals surface area contributed by atoms with Gasteiger partial charge in [0.1, 0.15) is 11.5 Å². The molecule has 148 valence electrons. The van der Waals surface area contributed by atoms with Crippen LogP contribution in [-0.2, 0) is 27.9 Å². The molecule has 0 radical (unpaired) electrons. The fraction of sp³-hybridized carbons (Fsp3) is 0.706. The van der Waals surface area contributed by atoms with Gasteiger partial charge in [0.25, 0.3) is 10.0 Å². The topological polar surface area (TPSA) is 95.1 Å². The standard InChI is InChI=1S/C17H26N6O3S/c1-4-21-10-17(18-12(21)2)27(24,25)23-14-5-6-15(23)8-16(7-14)22-9-13(11-26-3)19-20-22/h9-10,14-16H,4-8,11H2,1-3H3. The number of nitrogens with zero attached hydrogens (tertiary/aromatic N) is 6. The Labute approximate surface area is 159 Å². The van der Waals surface area contributed by atoms with Gasteiger partial charge in [-0.1, -0.05) is 5.21 Å². The van der Waals surface area contributed by atoms with Crippen molar-refractivity contribution in [3.63, 3.8) is 0 Å². The Morgan fingerprint density at radius 1 is 1.19 bits per heavy atom. The van der Waals surface area contributed by atoms with Crippen LogP contribution in [0.15, 0.2) is 17.4 Å². The van der Waals surface area contributed by atoms with E-state index in [1.165, 1.54) is 0 Å². The molecule has 2 fully saturated rings. The van der Waals surface area contributed by atoms with E-state index in [0.29, 0.717) is 13.2 Å². The molecule has 2 aromatic rings. The molecule has 2 bridgehead atoms. The van der Waals surface area contributed by atoms with Gasteiger partial charge in [-0.15, -0.1) is 5.10 Å². The monoisotopic (exact) mass is 394 g/mol. The normalized spacial score (nSPS) is 26.0. The molecule has 2 unspecified atom stereocenters. The highest BCUT2D eigenvalue weighted by molar-refractivity contribution is 7.89. The summed E-state index contributed by atoms with van der Waals surface area (Å²) in [5.74, 6) is 0.728. The lowest BCUT2D eigenvalue weighted by Gasteiger charge is -2.37. The summed E-state index contributed by atoms with van der Waals surface area (Å²) in [6, 6.07) is 0.142. The van der Waals surface area contributed by atoms with Crippen LogP contribution in [0.1, 0.15) is 50.2 Å². The van der Waals surface area contributed by atoms with E-state index in [2.05, 4.69) is 15.3 Å². The molecule has 4 rings (SSSR count). The quantitative estimate of drug-likeness (QED) is 0.737. The van der Waals surface area contributed by atoms with Crippen LogP contribution in [0.2, 0.25) is 0 Å². The van der Waals surface area contributed by atoms with Crippen LogP contribution in [0.4, 0.5) is 0 Å². The first-order valence-corrected chi connectivity index (χ1v) is 10.8. The third-order valence-corrected chi connectivity index (χ3v) is 7.58. The van der Waals surface area contributed by atoms with Crippen LogP contribution in [0.25, 0.3) is 0 Å². The van der Waals surface area contributed by atoms with E-state index in [1.54, 1.807) is 17.6 Å². The largest absolute Gasteiger partial charge is 0.378 e. The average Bonchev–Trinajstić information content (AvgIpc) is 3.32. The number of aromatic nitrogens is 5. The zero-order valence-electron chi connectivity index (χ0n) is 15.9. The second-order valence-electron chi connectivity index (χ2n) is 7.38. The first-order chi connectivity index (χ1) is 12.9. The van der Waals surface area contributed by atoms with E-state index < -0.39 is 10.0 Å². The van der Waals surface area contributed by atoms with Crippen molar-refractivity contribution in [3.05, 3.63) is 23.9 Å². The molecular weight excluding hydrogens is 368 g/mol. The van der Waals surface area contributed by atoms with Gasteiger partial charge in [0.2, 0.25) is 0 Å². The molecule has 0 amide bonds. The maximum absolute atomic E-state index is 13.3.